The van der Waals surface area contributed by atoms with Gasteiger partial charge in [-0.05, 0) is 17.7 Å². The highest BCUT2D eigenvalue weighted by Gasteiger charge is 2.40. The Kier molecular flexibility index (Phi) is 5.41. The quantitative estimate of drug-likeness (QED) is 0.816. The fourth-order valence-electron chi connectivity index (χ4n) is 4.46. The Hall–Kier alpha value is -1.66. The maximum absolute atomic E-state index is 9.80. The van der Waals surface area contributed by atoms with E-state index in [1.165, 1.54) is 11.1 Å². The zero-order valence-corrected chi connectivity index (χ0v) is 15.5. The van der Waals surface area contributed by atoms with Crippen molar-refractivity contribution < 1.29 is 5.11 Å². The van der Waals surface area contributed by atoms with Crippen LogP contribution in [-0.4, -0.2) is 79.1 Å². The number of likely N-dealkylation sites (tertiary alicyclic amines) is 1. The number of hydrogen-bond acceptors (Lipinski definition) is 4. The first kappa shape index (κ1) is 17.7. The maximum Gasteiger partial charge on any atom is 0.185 e. The third-order valence-corrected chi connectivity index (χ3v) is 5.90. The van der Waals surface area contributed by atoms with Crippen LogP contribution in [-0.2, 0) is 0 Å². The predicted octanol–water partition coefficient (Wildman–Crippen LogP) is 0.987. The first-order valence-electron chi connectivity index (χ1n) is 9.65. The zero-order chi connectivity index (χ0) is 17.9. The number of benzene rings is 2. The Balaban J connectivity index is 1.49. The summed E-state index contributed by atoms with van der Waals surface area (Å²) in [6.07, 6.45) is 0. The van der Waals surface area contributed by atoms with Crippen LogP contribution < -0.4 is 0 Å². The SMILES string of the molecule is BN1CCN(C2CN(C(c3ccccc3)c3ccccc3)C2)C(CO)C1. The molecule has 26 heavy (non-hydrogen) atoms. The van der Waals surface area contributed by atoms with Gasteiger partial charge < -0.3 is 9.92 Å². The van der Waals surface area contributed by atoms with Crippen molar-refractivity contribution >= 4 is 7.98 Å². The summed E-state index contributed by atoms with van der Waals surface area (Å²) >= 11 is 0. The van der Waals surface area contributed by atoms with Crippen molar-refractivity contribution in [3.8, 4) is 0 Å². The molecular weight excluding hydrogens is 321 g/mol. The lowest BCUT2D eigenvalue weighted by Gasteiger charge is -2.53. The van der Waals surface area contributed by atoms with Crippen molar-refractivity contribution in [1.29, 1.82) is 0 Å². The van der Waals surface area contributed by atoms with Gasteiger partial charge in [-0.2, -0.15) is 0 Å². The van der Waals surface area contributed by atoms with Crippen molar-refractivity contribution in [2.75, 3.05) is 39.3 Å². The van der Waals surface area contributed by atoms with Crippen LogP contribution in [0.15, 0.2) is 60.7 Å². The average Bonchev–Trinajstić information content (AvgIpc) is 2.66. The average molecular weight is 349 g/mol. The van der Waals surface area contributed by atoms with Crippen LogP contribution in [0, 0.1) is 0 Å². The smallest absolute Gasteiger partial charge is 0.185 e. The molecule has 2 saturated heterocycles. The highest BCUT2D eigenvalue weighted by Crippen LogP contribution is 2.34. The van der Waals surface area contributed by atoms with E-state index in [9.17, 15) is 5.11 Å². The molecule has 4 nitrogen and oxygen atoms in total. The van der Waals surface area contributed by atoms with Gasteiger partial charge in [0.15, 0.2) is 7.98 Å². The number of hydrogen-bond donors (Lipinski definition) is 1. The lowest BCUT2D eigenvalue weighted by atomic mass is 9.91. The van der Waals surface area contributed by atoms with Gasteiger partial charge >= 0.3 is 0 Å². The van der Waals surface area contributed by atoms with E-state index in [0.29, 0.717) is 12.1 Å². The van der Waals surface area contributed by atoms with Crippen LogP contribution >= 0.6 is 0 Å². The molecule has 2 heterocycles. The van der Waals surface area contributed by atoms with Gasteiger partial charge in [-0.15, -0.1) is 0 Å². The third kappa shape index (κ3) is 3.58. The molecule has 2 aromatic carbocycles. The summed E-state index contributed by atoms with van der Waals surface area (Å²) in [4.78, 5) is 7.43. The van der Waals surface area contributed by atoms with Gasteiger partial charge in [0.05, 0.1) is 12.6 Å². The first-order valence-corrected chi connectivity index (χ1v) is 9.65. The third-order valence-electron chi connectivity index (χ3n) is 5.90. The van der Waals surface area contributed by atoms with Crippen molar-refractivity contribution in [2.45, 2.75) is 18.1 Å². The molecule has 0 aliphatic carbocycles. The molecule has 0 spiro atoms. The summed E-state index contributed by atoms with van der Waals surface area (Å²) in [5.41, 5.74) is 2.71. The molecule has 2 fully saturated rings. The second kappa shape index (κ2) is 7.93. The highest BCUT2D eigenvalue weighted by molar-refractivity contribution is 6.04. The Morgan fingerprint density at radius 2 is 1.46 bits per heavy atom. The number of rotatable bonds is 5. The molecule has 2 aliphatic rings. The molecule has 0 bridgehead atoms. The summed E-state index contributed by atoms with van der Waals surface area (Å²) in [6.45, 7) is 5.49. The van der Waals surface area contributed by atoms with Gasteiger partial charge in [0.25, 0.3) is 0 Å². The van der Waals surface area contributed by atoms with Gasteiger partial charge in [0, 0.05) is 38.3 Å². The van der Waals surface area contributed by atoms with Crippen LogP contribution in [0.4, 0.5) is 0 Å². The van der Waals surface area contributed by atoms with Gasteiger partial charge in [-0.1, -0.05) is 60.7 Å². The van der Waals surface area contributed by atoms with Crippen LogP contribution in [0.5, 0.6) is 0 Å². The van der Waals surface area contributed by atoms with Crippen molar-refractivity contribution in [3.63, 3.8) is 0 Å². The topological polar surface area (TPSA) is 30.0 Å². The van der Waals surface area contributed by atoms with E-state index in [0.717, 1.165) is 32.7 Å². The van der Waals surface area contributed by atoms with E-state index in [1.54, 1.807) is 0 Å². The normalized spacial score (nSPS) is 23.2. The summed E-state index contributed by atoms with van der Waals surface area (Å²) in [7, 11) is 2.15. The minimum Gasteiger partial charge on any atom is -0.395 e. The first-order chi connectivity index (χ1) is 12.8. The molecule has 1 atom stereocenters. The molecule has 0 aromatic heterocycles. The van der Waals surface area contributed by atoms with Crippen LogP contribution in [0.3, 0.4) is 0 Å². The zero-order valence-electron chi connectivity index (χ0n) is 15.5. The Labute approximate surface area is 157 Å². The predicted molar refractivity (Wildman–Crippen MR) is 108 cm³/mol. The van der Waals surface area contributed by atoms with Crippen molar-refractivity contribution in [2.24, 2.45) is 0 Å². The highest BCUT2D eigenvalue weighted by atomic mass is 16.3. The number of aliphatic hydroxyl groups is 1. The Morgan fingerprint density at radius 1 is 0.885 bits per heavy atom. The number of aliphatic hydroxyl groups excluding tert-OH is 1. The van der Waals surface area contributed by atoms with E-state index < -0.39 is 0 Å². The molecule has 136 valence electrons. The summed E-state index contributed by atoms with van der Waals surface area (Å²) < 4.78 is 0. The number of piperazine rings is 1. The molecule has 2 aromatic rings. The van der Waals surface area contributed by atoms with E-state index in [1.807, 2.05) is 0 Å². The van der Waals surface area contributed by atoms with Crippen molar-refractivity contribution in [1.82, 2.24) is 14.6 Å². The van der Waals surface area contributed by atoms with Crippen molar-refractivity contribution in [3.05, 3.63) is 71.8 Å². The van der Waals surface area contributed by atoms with Gasteiger partial charge in [0.2, 0.25) is 0 Å². The second-order valence-electron chi connectivity index (χ2n) is 7.67. The standard InChI is InChI=1S/C21H28BN3O/c22-24-11-12-25(20(15-24)16-26)19-13-23(14-19)21(17-7-3-1-4-8-17)18-9-5-2-6-10-18/h1-10,19-21,26H,11-16,22H2. The summed E-state index contributed by atoms with van der Waals surface area (Å²) in [5.74, 6) is 0. The minimum absolute atomic E-state index is 0.252. The van der Waals surface area contributed by atoms with E-state index in [2.05, 4.69) is 83.3 Å². The molecule has 1 unspecified atom stereocenters. The molecular formula is C21H28BN3O. The van der Waals surface area contributed by atoms with Gasteiger partial charge in [-0.25, -0.2) is 0 Å². The van der Waals surface area contributed by atoms with E-state index in [-0.39, 0.29) is 12.6 Å². The van der Waals surface area contributed by atoms with Crippen LogP contribution in [0.1, 0.15) is 17.2 Å². The number of nitrogens with zero attached hydrogens (tertiary/aromatic N) is 3. The summed E-state index contributed by atoms with van der Waals surface area (Å²) in [5, 5.41) is 9.80. The Bertz CT molecular complexity index is 653. The maximum atomic E-state index is 9.80. The van der Waals surface area contributed by atoms with E-state index >= 15 is 0 Å². The lowest BCUT2D eigenvalue weighted by Crippen LogP contribution is -2.67. The molecule has 0 saturated carbocycles. The van der Waals surface area contributed by atoms with Crippen LogP contribution in [0.25, 0.3) is 0 Å². The van der Waals surface area contributed by atoms with Gasteiger partial charge in [-0.3, -0.25) is 9.80 Å². The fraction of sp³-hybridized carbons (Fsp3) is 0.429. The molecule has 0 radical (unpaired) electrons. The Morgan fingerprint density at radius 3 is 2.00 bits per heavy atom. The summed E-state index contributed by atoms with van der Waals surface area (Å²) in [6, 6.07) is 22.8. The molecule has 1 N–H and O–H groups in total. The van der Waals surface area contributed by atoms with Crippen LogP contribution in [0.2, 0.25) is 0 Å². The second-order valence-corrected chi connectivity index (χ2v) is 7.67. The molecule has 4 rings (SSSR count). The molecule has 2 aliphatic heterocycles. The largest absolute Gasteiger partial charge is 0.395 e. The monoisotopic (exact) mass is 349 g/mol. The minimum atomic E-state index is 0.252. The van der Waals surface area contributed by atoms with E-state index in [4.69, 9.17) is 0 Å². The molecule has 5 heteroatoms. The lowest BCUT2D eigenvalue weighted by molar-refractivity contribution is -0.0405. The molecule has 0 amide bonds. The van der Waals surface area contributed by atoms with Gasteiger partial charge in [0.1, 0.15) is 0 Å². The fourth-order valence-corrected chi connectivity index (χ4v) is 4.46.